The van der Waals surface area contributed by atoms with Crippen LogP contribution in [0.2, 0.25) is 0 Å². The van der Waals surface area contributed by atoms with Gasteiger partial charge in [-0.05, 0) is 19.1 Å². The summed E-state index contributed by atoms with van der Waals surface area (Å²) in [6.45, 7) is 4.09. The summed E-state index contributed by atoms with van der Waals surface area (Å²) in [7, 11) is 3.59. The third-order valence-corrected chi connectivity index (χ3v) is 2.66. The third-order valence-electron chi connectivity index (χ3n) is 2.37. The van der Waals surface area contributed by atoms with Gasteiger partial charge >= 0.3 is 0 Å². The highest BCUT2D eigenvalue weighted by molar-refractivity contribution is 7.80. The molecule has 5 nitrogen and oxygen atoms in total. The number of hydrogen-bond donors (Lipinski definition) is 2. The highest BCUT2D eigenvalue weighted by Gasteiger charge is 2.03. The summed E-state index contributed by atoms with van der Waals surface area (Å²) in [6, 6.07) is 0. The van der Waals surface area contributed by atoms with Gasteiger partial charge in [0.15, 0.2) is 5.11 Å². The molecule has 0 bridgehead atoms. The molecule has 1 heterocycles. The molecule has 0 spiro atoms. The highest BCUT2D eigenvalue weighted by atomic mass is 32.1. The first-order valence-corrected chi connectivity index (χ1v) is 5.54. The first kappa shape index (κ1) is 12.9. The molecule has 2 N–H and O–H groups in total. The summed E-state index contributed by atoms with van der Waals surface area (Å²) in [6.07, 6.45) is 1.85. The predicted octanol–water partition coefficient (Wildman–Crippen LogP) is 0.339. The third kappa shape index (κ3) is 3.79. The Hall–Kier alpha value is -1.14. The van der Waals surface area contributed by atoms with Gasteiger partial charge < -0.3 is 15.4 Å². The zero-order valence-electron chi connectivity index (χ0n) is 9.91. The SMILES string of the molecule is COCCNC(=S)NCc1cnn(C)c1C. The van der Waals surface area contributed by atoms with Crippen molar-refractivity contribution in [1.29, 1.82) is 0 Å². The van der Waals surface area contributed by atoms with Crippen LogP contribution in [0, 0.1) is 6.92 Å². The van der Waals surface area contributed by atoms with E-state index < -0.39 is 0 Å². The molecule has 0 amide bonds. The monoisotopic (exact) mass is 242 g/mol. The predicted molar refractivity (Wildman–Crippen MR) is 67.3 cm³/mol. The number of aromatic nitrogens is 2. The maximum atomic E-state index is 5.11. The summed E-state index contributed by atoms with van der Waals surface area (Å²) in [5.74, 6) is 0. The second kappa shape index (κ2) is 6.44. The van der Waals surface area contributed by atoms with E-state index in [-0.39, 0.29) is 0 Å². The van der Waals surface area contributed by atoms with E-state index in [1.165, 1.54) is 0 Å². The van der Waals surface area contributed by atoms with Gasteiger partial charge in [-0.25, -0.2) is 0 Å². The molecule has 6 heteroatoms. The number of thiocarbonyl (C=S) groups is 1. The summed E-state index contributed by atoms with van der Waals surface area (Å²) in [5.41, 5.74) is 2.30. The van der Waals surface area contributed by atoms with Crippen molar-refractivity contribution in [2.45, 2.75) is 13.5 Å². The van der Waals surface area contributed by atoms with Crippen molar-refractivity contribution in [3.05, 3.63) is 17.5 Å². The van der Waals surface area contributed by atoms with Crippen LogP contribution in [-0.4, -0.2) is 35.2 Å². The van der Waals surface area contributed by atoms with Crippen LogP contribution in [0.3, 0.4) is 0 Å². The Bertz CT molecular complexity index is 351. The van der Waals surface area contributed by atoms with E-state index in [9.17, 15) is 0 Å². The quantitative estimate of drug-likeness (QED) is 0.576. The van der Waals surface area contributed by atoms with Gasteiger partial charge in [0.25, 0.3) is 0 Å². The summed E-state index contributed by atoms with van der Waals surface area (Å²) >= 11 is 5.11. The lowest BCUT2D eigenvalue weighted by Gasteiger charge is -2.09. The van der Waals surface area contributed by atoms with Crippen molar-refractivity contribution < 1.29 is 4.74 Å². The minimum absolute atomic E-state index is 0.639. The zero-order chi connectivity index (χ0) is 12.0. The van der Waals surface area contributed by atoms with Crippen molar-refractivity contribution in [2.75, 3.05) is 20.3 Å². The second-order valence-corrected chi connectivity index (χ2v) is 3.89. The molecular formula is C10H18N4OS. The van der Waals surface area contributed by atoms with E-state index in [1.807, 2.05) is 24.9 Å². The molecule has 0 aliphatic rings. The summed E-state index contributed by atoms with van der Waals surface area (Å²) in [4.78, 5) is 0. The second-order valence-electron chi connectivity index (χ2n) is 3.48. The van der Waals surface area contributed by atoms with Gasteiger partial charge in [0, 0.05) is 38.5 Å². The van der Waals surface area contributed by atoms with Gasteiger partial charge in [-0.3, -0.25) is 4.68 Å². The molecule has 1 aromatic heterocycles. The van der Waals surface area contributed by atoms with Gasteiger partial charge in [0.1, 0.15) is 0 Å². The fourth-order valence-electron chi connectivity index (χ4n) is 1.22. The standard InChI is InChI=1S/C10H18N4OS/c1-8-9(7-13-14(8)2)6-12-10(16)11-4-5-15-3/h7H,4-6H2,1-3H3,(H2,11,12,16). The lowest BCUT2D eigenvalue weighted by molar-refractivity contribution is 0.204. The van der Waals surface area contributed by atoms with Gasteiger partial charge in [0.05, 0.1) is 12.8 Å². The number of methoxy groups -OCH3 is 1. The first-order valence-electron chi connectivity index (χ1n) is 5.13. The van der Waals surface area contributed by atoms with Crippen LogP contribution in [0.5, 0.6) is 0 Å². The summed E-state index contributed by atoms with van der Waals surface area (Å²) < 4.78 is 6.76. The average Bonchev–Trinajstić information content (AvgIpc) is 2.58. The molecule has 1 aromatic rings. The van der Waals surface area contributed by atoms with Crippen LogP contribution in [-0.2, 0) is 18.3 Å². The van der Waals surface area contributed by atoms with E-state index in [4.69, 9.17) is 17.0 Å². The van der Waals surface area contributed by atoms with Gasteiger partial charge in [-0.15, -0.1) is 0 Å². The Kier molecular flexibility index (Phi) is 5.21. The topological polar surface area (TPSA) is 51.1 Å². The molecular weight excluding hydrogens is 224 g/mol. The van der Waals surface area contributed by atoms with Crippen LogP contribution in [0.1, 0.15) is 11.3 Å². The van der Waals surface area contributed by atoms with Crippen molar-refractivity contribution in [1.82, 2.24) is 20.4 Å². The molecule has 0 radical (unpaired) electrons. The number of nitrogens with one attached hydrogen (secondary N) is 2. The minimum Gasteiger partial charge on any atom is -0.383 e. The minimum atomic E-state index is 0.639. The average molecular weight is 242 g/mol. The van der Waals surface area contributed by atoms with Crippen molar-refractivity contribution in [3.63, 3.8) is 0 Å². The fraction of sp³-hybridized carbons (Fsp3) is 0.600. The molecule has 0 unspecified atom stereocenters. The number of aryl methyl sites for hydroxylation is 1. The lowest BCUT2D eigenvalue weighted by Crippen LogP contribution is -2.36. The van der Waals surface area contributed by atoms with Gasteiger partial charge in [-0.2, -0.15) is 5.10 Å². The molecule has 0 aliphatic heterocycles. The van der Waals surface area contributed by atoms with Gasteiger partial charge in [-0.1, -0.05) is 0 Å². The maximum Gasteiger partial charge on any atom is 0.166 e. The number of rotatable bonds is 5. The molecule has 16 heavy (non-hydrogen) atoms. The molecule has 0 saturated heterocycles. The fourth-order valence-corrected chi connectivity index (χ4v) is 1.40. The van der Waals surface area contributed by atoms with Crippen molar-refractivity contribution in [2.24, 2.45) is 7.05 Å². The van der Waals surface area contributed by atoms with Crippen LogP contribution >= 0.6 is 12.2 Å². The van der Waals surface area contributed by atoms with Crippen LogP contribution in [0.4, 0.5) is 0 Å². The van der Waals surface area contributed by atoms with E-state index in [0.29, 0.717) is 24.8 Å². The van der Waals surface area contributed by atoms with E-state index in [0.717, 1.165) is 11.3 Å². The molecule has 0 fully saturated rings. The smallest absolute Gasteiger partial charge is 0.166 e. The Labute approximate surface area is 101 Å². The number of hydrogen-bond acceptors (Lipinski definition) is 3. The van der Waals surface area contributed by atoms with E-state index in [1.54, 1.807) is 7.11 Å². The van der Waals surface area contributed by atoms with Crippen LogP contribution < -0.4 is 10.6 Å². The van der Waals surface area contributed by atoms with Crippen LogP contribution in [0.15, 0.2) is 6.20 Å². The normalized spacial score (nSPS) is 10.2. The van der Waals surface area contributed by atoms with Gasteiger partial charge in [0.2, 0.25) is 0 Å². The first-order chi connectivity index (χ1) is 7.65. The Morgan fingerprint density at radius 3 is 2.88 bits per heavy atom. The molecule has 90 valence electrons. The molecule has 0 aromatic carbocycles. The lowest BCUT2D eigenvalue weighted by atomic mass is 10.2. The zero-order valence-corrected chi connectivity index (χ0v) is 10.7. The molecule has 1 rings (SSSR count). The van der Waals surface area contributed by atoms with Crippen molar-refractivity contribution >= 4 is 17.3 Å². The Balaban J connectivity index is 2.29. The largest absolute Gasteiger partial charge is 0.383 e. The molecule has 0 atom stereocenters. The Morgan fingerprint density at radius 2 is 2.31 bits per heavy atom. The maximum absolute atomic E-state index is 5.11. The highest BCUT2D eigenvalue weighted by Crippen LogP contribution is 2.04. The molecule has 0 aliphatic carbocycles. The Morgan fingerprint density at radius 1 is 1.56 bits per heavy atom. The van der Waals surface area contributed by atoms with E-state index >= 15 is 0 Å². The van der Waals surface area contributed by atoms with Crippen LogP contribution in [0.25, 0.3) is 0 Å². The van der Waals surface area contributed by atoms with Crippen molar-refractivity contribution in [3.8, 4) is 0 Å². The summed E-state index contributed by atoms with van der Waals surface area (Å²) in [5, 5.41) is 11.0. The van der Waals surface area contributed by atoms with E-state index in [2.05, 4.69) is 15.7 Å². The number of nitrogens with zero attached hydrogens (tertiary/aromatic N) is 2. The number of ether oxygens (including phenoxy) is 1. The molecule has 0 saturated carbocycles.